The summed E-state index contributed by atoms with van der Waals surface area (Å²) in [5.74, 6) is -0.922. The molecule has 0 aromatic rings. The van der Waals surface area contributed by atoms with Gasteiger partial charge in [0.2, 0.25) is 0 Å². The van der Waals surface area contributed by atoms with Crippen LogP contribution >= 0.6 is 0 Å². The minimum Gasteiger partial charge on any atom is -0.480 e. The number of carbonyl (C=O) groups is 2. The number of carboxylic acids is 1. The first-order valence-electron chi connectivity index (χ1n) is 7.13. The van der Waals surface area contributed by atoms with Crippen molar-refractivity contribution in [2.75, 3.05) is 19.6 Å². The highest BCUT2D eigenvalue weighted by molar-refractivity contribution is 5.83. The van der Waals surface area contributed by atoms with Crippen LogP contribution in [0.4, 0.5) is 4.79 Å². The number of hydrogen-bond donors (Lipinski definition) is 1. The van der Waals surface area contributed by atoms with E-state index in [1.165, 1.54) is 4.90 Å². The number of urea groups is 1. The summed E-state index contributed by atoms with van der Waals surface area (Å²) in [5.41, 5.74) is 0.492. The van der Waals surface area contributed by atoms with Gasteiger partial charge in [0.15, 0.2) is 0 Å². The summed E-state index contributed by atoms with van der Waals surface area (Å²) in [7, 11) is 0. The van der Waals surface area contributed by atoms with Gasteiger partial charge in [0, 0.05) is 19.6 Å². The van der Waals surface area contributed by atoms with Crippen LogP contribution in [0.25, 0.3) is 0 Å². The molecular weight excluding hydrogens is 256 g/mol. The number of carboxylic acid groups (broad SMARTS) is 1. The minimum absolute atomic E-state index is 0.198. The lowest BCUT2D eigenvalue weighted by molar-refractivity contribution is -0.148. The molecule has 1 aliphatic heterocycles. The lowest BCUT2D eigenvalue weighted by Gasteiger charge is -2.45. The fraction of sp³-hybridized carbons (Fsp3) is 0.733. The fourth-order valence-electron chi connectivity index (χ4n) is 2.89. The summed E-state index contributed by atoms with van der Waals surface area (Å²) in [6.45, 7) is 12.9. The van der Waals surface area contributed by atoms with Crippen molar-refractivity contribution < 1.29 is 14.7 Å². The van der Waals surface area contributed by atoms with Crippen LogP contribution in [-0.4, -0.2) is 52.6 Å². The van der Waals surface area contributed by atoms with E-state index in [1.807, 2.05) is 27.7 Å². The second-order valence-corrected chi connectivity index (χ2v) is 6.28. The predicted octanol–water partition coefficient (Wildman–Crippen LogP) is 2.58. The van der Waals surface area contributed by atoms with Gasteiger partial charge in [-0.25, -0.2) is 9.59 Å². The topological polar surface area (TPSA) is 60.9 Å². The van der Waals surface area contributed by atoms with Crippen molar-refractivity contribution in [3.63, 3.8) is 0 Å². The average molecular weight is 282 g/mol. The summed E-state index contributed by atoms with van der Waals surface area (Å²) in [4.78, 5) is 27.4. The van der Waals surface area contributed by atoms with E-state index in [-0.39, 0.29) is 6.03 Å². The molecule has 5 heteroatoms. The number of nitrogens with zero attached hydrogens (tertiary/aromatic N) is 2. The van der Waals surface area contributed by atoms with Crippen molar-refractivity contribution in [1.29, 1.82) is 0 Å². The first-order valence-corrected chi connectivity index (χ1v) is 7.13. The molecule has 0 aliphatic carbocycles. The maximum atomic E-state index is 12.6. The number of amides is 2. The molecule has 1 heterocycles. The average Bonchev–Trinajstić information content (AvgIpc) is 2.32. The Bertz CT molecular complexity index is 404. The molecule has 1 rings (SSSR count). The van der Waals surface area contributed by atoms with Gasteiger partial charge in [0.05, 0.1) is 0 Å². The third-order valence-corrected chi connectivity index (χ3v) is 3.86. The SMILES string of the molecule is C=C(C)CN(CC)C(=O)N1CCCC(C)(C)C1C(=O)O. The van der Waals surface area contributed by atoms with Gasteiger partial charge in [0.25, 0.3) is 0 Å². The normalized spacial score (nSPS) is 21.4. The molecule has 0 saturated carbocycles. The van der Waals surface area contributed by atoms with Crippen LogP contribution < -0.4 is 0 Å². The number of carbonyl (C=O) groups excluding carboxylic acids is 1. The Labute approximate surface area is 121 Å². The van der Waals surface area contributed by atoms with Crippen LogP contribution in [0.15, 0.2) is 12.2 Å². The van der Waals surface area contributed by atoms with Crippen LogP contribution in [0.2, 0.25) is 0 Å². The summed E-state index contributed by atoms with van der Waals surface area (Å²) in [6, 6.07) is -0.960. The Morgan fingerprint density at radius 3 is 2.50 bits per heavy atom. The molecule has 1 unspecified atom stereocenters. The Hall–Kier alpha value is -1.52. The molecule has 114 valence electrons. The van der Waals surface area contributed by atoms with Gasteiger partial charge in [-0.15, -0.1) is 0 Å². The smallest absolute Gasteiger partial charge is 0.327 e. The van der Waals surface area contributed by atoms with Crippen molar-refractivity contribution >= 4 is 12.0 Å². The zero-order chi connectivity index (χ0) is 15.5. The molecule has 1 fully saturated rings. The first kappa shape index (κ1) is 16.5. The second-order valence-electron chi connectivity index (χ2n) is 6.28. The molecule has 5 nitrogen and oxygen atoms in total. The van der Waals surface area contributed by atoms with E-state index in [4.69, 9.17) is 0 Å². The van der Waals surface area contributed by atoms with Crippen molar-refractivity contribution in [3.8, 4) is 0 Å². The molecule has 1 atom stereocenters. The zero-order valence-electron chi connectivity index (χ0n) is 13.0. The third kappa shape index (κ3) is 3.52. The van der Waals surface area contributed by atoms with E-state index in [2.05, 4.69) is 6.58 Å². The Morgan fingerprint density at radius 2 is 2.05 bits per heavy atom. The second kappa shape index (κ2) is 6.29. The van der Waals surface area contributed by atoms with E-state index in [1.54, 1.807) is 4.90 Å². The Morgan fingerprint density at radius 1 is 1.45 bits per heavy atom. The predicted molar refractivity (Wildman–Crippen MR) is 78.6 cm³/mol. The molecular formula is C15H26N2O3. The van der Waals surface area contributed by atoms with Gasteiger partial charge in [-0.05, 0) is 32.1 Å². The standard InChI is InChI=1S/C15H26N2O3/c1-6-16(10-11(2)3)14(20)17-9-7-8-15(4,5)12(17)13(18)19/h12H,2,6-10H2,1,3-5H3,(H,18,19). The summed E-state index contributed by atoms with van der Waals surface area (Å²) in [5, 5.41) is 9.50. The Balaban J connectivity index is 2.98. The number of likely N-dealkylation sites (N-methyl/N-ethyl adjacent to an activating group) is 1. The van der Waals surface area contributed by atoms with Gasteiger partial charge in [-0.3, -0.25) is 0 Å². The fourth-order valence-corrected chi connectivity index (χ4v) is 2.89. The van der Waals surface area contributed by atoms with Crippen molar-refractivity contribution in [2.24, 2.45) is 5.41 Å². The molecule has 1 saturated heterocycles. The van der Waals surface area contributed by atoms with E-state index >= 15 is 0 Å². The van der Waals surface area contributed by atoms with Crippen LogP contribution in [0.5, 0.6) is 0 Å². The van der Waals surface area contributed by atoms with E-state index in [0.717, 1.165) is 18.4 Å². The highest BCUT2D eigenvalue weighted by atomic mass is 16.4. The monoisotopic (exact) mass is 282 g/mol. The van der Waals surface area contributed by atoms with Crippen LogP contribution in [-0.2, 0) is 4.79 Å². The molecule has 0 aromatic carbocycles. The Kier molecular flexibility index (Phi) is 5.20. The highest BCUT2D eigenvalue weighted by Crippen LogP contribution is 2.35. The maximum absolute atomic E-state index is 12.6. The third-order valence-electron chi connectivity index (χ3n) is 3.86. The quantitative estimate of drug-likeness (QED) is 0.806. The lowest BCUT2D eigenvalue weighted by Crippen LogP contribution is -2.59. The molecule has 20 heavy (non-hydrogen) atoms. The summed E-state index contributed by atoms with van der Waals surface area (Å²) in [6.07, 6.45) is 1.66. The van der Waals surface area contributed by atoms with E-state index < -0.39 is 17.4 Å². The van der Waals surface area contributed by atoms with Gasteiger partial charge in [-0.2, -0.15) is 0 Å². The van der Waals surface area contributed by atoms with Crippen molar-refractivity contribution in [2.45, 2.75) is 46.6 Å². The summed E-state index contributed by atoms with van der Waals surface area (Å²) >= 11 is 0. The minimum atomic E-state index is -0.922. The number of hydrogen-bond acceptors (Lipinski definition) is 2. The number of aliphatic carboxylic acids is 1. The number of likely N-dealkylation sites (tertiary alicyclic amines) is 1. The molecule has 0 aromatic heterocycles. The van der Waals surface area contributed by atoms with Gasteiger partial charge in [0.1, 0.15) is 6.04 Å². The number of piperidine rings is 1. The largest absolute Gasteiger partial charge is 0.480 e. The highest BCUT2D eigenvalue weighted by Gasteiger charge is 2.45. The lowest BCUT2D eigenvalue weighted by atomic mass is 9.76. The van der Waals surface area contributed by atoms with Crippen LogP contribution in [0, 0.1) is 5.41 Å². The number of rotatable bonds is 4. The van der Waals surface area contributed by atoms with Crippen molar-refractivity contribution in [1.82, 2.24) is 9.80 Å². The molecule has 0 spiro atoms. The van der Waals surface area contributed by atoms with Gasteiger partial charge < -0.3 is 14.9 Å². The van der Waals surface area contributed by atoms with Gasteiger partial charge >= 0.3 is 12.0 Å². The van der Waals surface area contributed by atoms with Gasteiger partial charge in [-0.1, -0.05) is 26.0 Å². The van der Waals surface area contributed by atoms with E-state index in [0.29, 0.717) is 19.6 Å². The molecule has 0 bridgehead atoms. The molecule has 1 aliphatic rings. The molecule has 2 amide bonds. The summed E-state index contributed by atoms with van der Waals surface area (Å²) < 4.78 is 0. The molecule has 0 radical (unpaired) electrons. The van der Waals surface area contributed by atoms with Crippen molar-refractivity contribution in [3.05, 3.63) is 12.2 Å². The zero-order valence-corrected chi connectivity index (χ0v) is 13.0. The van der Waals surface area contributed by atoms with Crippen LogP contribution in [0.1, 0.15) is 40.5 Å². The van der Waals surface area contributed by atoms with Crippen LogP contribution in [0.3, 0.4) is 0 Å². The maximum Gasteiger partial charge on any atom is 0.327 e. The molecule has 1 N–H and O–H groups in total. The first-order chi connectivity index (χ1) is 9.20. The van der Waals surface area contributed by atoms with E-state index in [9.17, 15) is 14.7 Å².